The second-order valence-corrected chi connectivity index (χ2v) is 12.5. The number of carbonyl (C=O) groups excluding carboxylic acids is 2. The largest absolute Gasteiger partial charge is 0.322 e. The fraction of sp³-hybridized carbons (Fsp3) is 0.417. The molecule has 0 radical (unpaired) electrons. The van der Waals surface area contributed by atoms with E-state index in [-0.39, 0.29) is 21.3 Å². The van der Waals surface area contributed by atoms with Gasteiger partial charge in [0.05, 0.1) is 7.92 Å². The van der Waals surface area contributed by atoms with E-state index >= 15 is 0 Å². The highest BCUT2D eigenvalue weighted by molar-refractivity contribution is 7.90. The highest BCUT2D eigenvalue weighted by Crippen LogP contribution is 2.71. The van der Waals surface area contributed by atoms with E-state index in [0.717, 1.165) is 43.5 Å². The second-order valence-electron chi connectivity index (χ2n) is 9.26. The van der Waals surface area contributed by atoms with Crippen LogP contribution in [-0.2, 0) is 0 Å². The van der Waals surface area contributed by atoms with Gasteiger partial charge in [0.25, 0.3) is 11.3 Å². The summed E-state index contributed by atoms with van der Waals surface area (Å²) >= 11 is 7.04. The van der Waals surface area contributed by atoms with Gasteiger partial charge in [-0.1, -0.05) is 36.4 Å². The summed E-state index contributed by atoms with van der Waals surface area (Å²) in [5, 5.41) is 5.76. The number of hydrogen-bond acceptors (Lipinski definition) is 2. The van der Waals surface area contributed by atoms with Crippen molar-refractivity contribution in [2.24, 2.45) is 11.8 Å². The van der Waals surface area contributed by atoms with Crippen LogP contribution >= 0.6 is 19.5 Å². The molecule has 0 unspecified atom stereocenters. The third kappa shape index (κ3) is 3.76. The number of alkyl halides is 1. The Hall–Kier alpha value is -1.90. The Labute approximate surface area is 183 Å². The maximum absolute atomic E-state index is 13.6. The summed E-state index contributed by atoms with van der Waals surface area (Å²) in [7, 11) is -1.62. The van der Waals surface area contributed by atoms with Crippen LogP contribution in [0.5, 0.6) is 0 Å². The Bertz CT molecular complexity index is 885. The molecule has 2 amide bonds. The number of carbonyl (C=O) groups is 2. The lowest BCUT2D eigenvalue weighted by atomic mass is 9.55. The van der Waals surface area contributed by atoms with Crippen molar-refractivity contribution in [2.75, 3.05) is 10.6 Å². The zero-order chi connectivity index (χ0) is 20.8. The topological polar surface area (TPSA) is 58.2 Å². The lowest BCUT2D eigenvalue weighted by Gasteiger charge is -2.61. The Morgan fingerprint density at radius 3 is 1.70 bits per heavy atom. The third-order valence-corrected chi connectivity index (χ3v) is 9.84. The quantitative estimate of drug-likeness (QED) is 0.379. The minimum Gasteiger partial charge on any atom is -0.322 e. The van der Waals surface area contributed by atoms with Gasteiger partial charge in [-0.2, -0.15) is 0 Å². The van der Waals surface area contributed by atoms with Gasteiger partial charge in [-0.3, -0.25) is 9.59 Å². The molecule has 0 aromatic heterocycles. The van der Waals surface area contributed by atoms with E-state index in [0.29, 0.717) is 11.8 Å². The molecule has 2 N–H and O–H groups in total. The molecule has 0 aliphatic heterocycles. The van der Waals surface area contributed by atoms with Crippen LogP contribution in [0.2, 0.25) is 0 Å². The van der Waals surface area contributed by atoms with Gasteiger partial charge in [0, 0.05) is 21.4 Å². The van der Waals surface area contributed by atoms with Crippen LogP contribution in [0.25, 0.3) is 0 Å². The molecule has 0 spiro atoms. The van der Waals surface area contributed by atoms with Gasteiger partial charge in [0.15, 0.2) is 0 Å². The fourth-order valence-corrected chi connectivity index (χ4v) is 9.95. The highest BCUT2D eigenvalue weighted by atomic mass is 35.5. The van der Waals surface area contributed by atoms with Gasteiger partial charge in [0.1, 0.15) is 0 Å². The lowest BCUT2D eigenvalue weighted by molar-refractivity contribution is 0.0518. The molecule has 2 aromatic carbocycles. The van der Waals surface area contributed by atoms with Crippen LogP contribution in [0, 0.1) is 11.8 Å². The van der Waals surface area contributed by atoms with Crippen molar-refractivity contribution in [2.45, 2.75) is 48.6 Å². The molecule has 6 rings (SSSR count). The molecule has 4 fully saturated rings. The van der Waals surface area contributed by atoms with Gasteiger partial charge in [-0.05, 0) is 74.6 Å². The van der Waals surface area contributed by atoms with Crippen molar-refractivity contribution < 1.29 is 9.59 Å². The number of hydrogen-bond donors (Lipinski definition) is 2. The molecule has 0 saturated heterocycles. The predicted octanol–water partition coefficient (Wildman–Crippen LogP) is 7.26. The summed E-state index contributed by atoms with van der Waals surface area (Å²) in [6, 6.07) is 18.8. The zero-order valence-corrected chi connectivity index (χ0v) is 18.5. The molecule has 30 heavy (non-hydrogen) atoms. The van der Waals surface area contributed by atoms with E-state index in [9.17, 15) is 9.59 Å². The molecule has 2 atom stereocenters. The van der Waals surface area contributed by atoms with Crippen molar-refractivity contribution in [1.29, 1.82) is 0 Å². The Kier molecular flexibility index (Phi) is 5.11. The van der Waals surface area contributed by atoms with Crippen LogP contribution in [0.3, 0.4) is 0 Å². The smallest absolute Gasteiger partial charge is 0.255 e. The molecule has 0 heterocycles. The predicted molar refractivity (Wildman–Crippen MR) is 124 cm³/mol. The Morgan fingerprint density at radius 1 is 0.800 bits per heavy atom. The number of nitrogens with one attached hydrogen (secondary N) is 2. The normalized spacial score (nSPS) is 31.5. The summed E-state index contributed by atoms with van der Waals surface area (Å²) in [6.45, 7) is 0. The van der Waals surface area contributed by atoms with Gasteiger partial charge in [-0.25, -0.2) is 0 Å². The summed E-state index contributed by atoms with van der Waals surface area (Å²) < 4.78 is 0. The number of para-hydroxylation sites is 2. The van der Waals surface area contributed by atoms with Crippen LogP contribution in [0.15, 0.2) is 60.7 Å². The number of halogens is 1. The molecule has 4 saturated carbocycles. The average Bonchev–Trinajstić information content (AvgIpc) is 2.67. The number of anilines is 2. The number of amides is 2. The average molecular weight is 441 g/mol. The summed E-state index contributed by atoms with van der Waals surface area (Å²) in [4.78, 5) is 26.9. The number of rotatable bonds is 5. The summed E-state index contributed by atoms with van der Waals surface area (Å²) in [5.41, 5.74) is 1.14. The molecule has 4 aliphatic rings. The maximum Gasteiger partial charge on any atom is 0.255 e. The van der Waals surface area contributed by atoms with Crippen LogP contribution in [0.4, 0.5) is 21.0 Å². The maximum atomic E-state index is 13.6. The zero-order valence-electron chi connectivity index (χ0n) is 16.8. The van der Waals surface area contributed by atoms with E-state index in [1.54, 1.807) is 0 Å². The van der Waals surface area contributed by atoms with Crippen molar-refractivity contribution >= 4 is 42.2 Å². The summed E-state index contributed by atoms with van der Waals surface area (Å²) in [5.74, 6) is 1.06. The number of benzene rings is 2. The third-order valence-electron chi connectivity index (χ3n) is 6.89. The molecular weight excluding hydrogens is 415 g/mol. The van der Waals surface area contributed by atoms with E-state index in [2.05, 4.69) is 10.6 Å². The molecule has 4 nitrogen and oxygen atoms in total. The summed E-state index contributed by atoms with van der Waals surface area (Å²) in [6.07, 6.45) is 5.89. The van der Waals surface area contributed by atoms with E-state index in [1.807, 2.05) is 60.7 Å². The van der Waals surface area contributed by atoms with Gasteiger partial charge >= 0.3 is 0 Å². The van der Waals surface area contributed by atoms with Crippen LogP contribution < -0.4 is 10.6 Å². The van der Waals surface area contributed by atoms with Crippen LogP contribution in [-0.4, -0.2) is 21.3 Å². The van der Waals surface area contributed by atoms with Gasteiger partial charge in [-0.15, -0.1) is 11.6 Å². The molecule has 6 heteroatoms. The van der Waals surface area contributed by atoms with E-state index in [4.69, 9.17) is 11.6 Å². The first kappa shape index (κ1) is 20.0. The Balaban J connectivity index is 1.48. The Morgan fingerprint density at radius 2 is 1.27 bits per heavy atom. The molecule has 4 bridgehead atoms. The monoisotopic (exact) mass is 440 g/mol. The molecule has 2 aromatic rings. The van der Waals surface area contributed by atoms with Crippen molar-refractivity contribution in [1.82, 2.24) is 0 Å². The lowest BCUT2D eigenvalue weighted by Crippen LogP contribution is -2.57. The van der Waals surface area contributed by atoms with Crippen molar-refractivity contribution in [3.8, 4) is 0 Å². The van der Waals surface area contributed by atoms with Gasteiger partial charge in [0.2, 0.25) is 0 Å². The van der Waals surface area contributed by atoms with Crippen molar-refractivity contribution in [3.63, 3.8) is 0 Å². The molecule has 4 aliphatic carbocycles. The molecule has 156 valence electrons. The molecular formula is C24H26ClN2O2P. The first-order valence-electron chi connectivity index (χ1n) is 10.7. The minimum absolute atomic E-state index is 0.160. The minimum atomic E-state index is -1.62. The second kappa shape index (κ2) is 7.66. The standard InChI is InChI=1S/C24H26ClN2O2P/c25-23-12-17-11-18(13-23)15-24(14-17,16-23)30(21(28)26-19-7-3-1-4-8-19)22(29)27-20-9-5-2-6-10-20/h1-10,17-18H,11-16H2,(H,26,28)(H,27,29)/t17-,18-,23?,24?/m1/s1. The van der Waals surface area contributed by atoms with E-state index in [1.165, 1.54) is 6.42 Å². The SMILES string of the molecule is O=C(Nc1ccccc1)P(C(=O)Nc1ccccc1)C12C[C@@H]3C[C@H](CC(Cl)(C3)C1)C2. The fourth-order valence-electron chi connectivity index (χ4n) is 6.29. The van der Waals surface area contributed by atoms with Gasteiger partial charge < -0.3 is 10.6 Å². The highest BCUT2D eigenvalue weighted by Gasteiger charge is 2.62. The first-order chi connectivity index (χ1) is 14.4. The van der Waals surface area contributed by atoms with E-state index < -0.39 is 7.92 Å². The van der Waals surface area contributed by atoms with Crippen molar-refractivity contribution in [3.05, 3.63) is 60.7 Å². The first-order valence-corrected chi connectivity index (χ1v) is 12.4. The van der Waals surface area contributed by atoms with Crippen LogP contribution in [0.1, 0.15) is 38.5 Å².